The van der Waals surface area contributed by atoms with Gasteiger partial charge in [0.1, 0.15) is 0 Å². The second-order valence-corrected chi connectivity index (χ2v) is 14.0. The van der Waals surface area contributed by atoms with Crippen LogP contribution in [0.2, 0.25) is 0 Å². The first-order valence-corrected chi connectivity index (χ1v) is 18.0. The van der Waals surface area contributed by atoms with Gasteiger partial charge in [-0.1, -0.05) is 132 Å². The van der Waals surface area contributed by atoms with E-state index in [0.29, 0.717) is 0 Å². The van der Waals surface area contributed by atoms with Crippen LogP contribution in [-0.2, 0) is 0 Å². The van der Waals surface area contributed by atoms with E-state index in [1.165, 1.54) is 88.1 Å². The van der Waals surface area contributed by atoms with E-state index < -0.39 is 0 Å². The molecule has 10 rings (SSSR count). The molecule has 0 amide bonds. The van der Waals surface area contributed by atoms with Crippen molar-refractivity contribution in [1.82, 2.24) is 9.13 Å². The molecule has 0 fully saturated rings. The number of fused-ring (bicyclic) bond motifs is 6. The van der Waals surface area contributed by atoms with Crippen molar-refractivity contribution in [2.75, 3.05) is 0 Å². The Morgan fingerprint density at radius 1 is 0.269 bits per heavy atom. The predicted octanol–water partition coefficient (Wildman–Crippen LogP) is 13.5. The highest BCUT2D eigenvalue weighted by atomic mass is 15.0. The molecule has 2 heteroatoms. The number of nitrogens with zero attached hydrogens (tertiary/aromatic N) is 2. The summed E-state index contributed by atoms with van der Waals surface area (Å²) in [7, 11) is 0. The summed E-state index contributed by atoms with van der Waals surface area (Å²) in [6.07, 6.45) is 0. The molecule has 0 aliphatic rings. The molecule has 10 aromatic rings. The molecule has 0 radical (unpaired) electrons. The fourth-order valence-electron chi connectivity index (χ4n) is 8.12. The molecule has 52 heavy (non-hydrogen) atoms. The van der Waals surface area contributed by atoms with Crippen LogP contribution < -0.4 is 0 Å². The summed E-state index contributed by atoms with van der Waals surface area (Å²) in [6.45, 7) is 4.29. The normalized spacial score (nSPS) is 11.7. The average molecular weight is 665 g/mol. The highest BCUT2D eigenvalue weighted by molar-refractivity contribution is 6.12. The van der Waals surface area contributed by atoms with Gasteiger partial charge in [-0.3, -0.25) is 0 Å². The second-order valence-electron chi connectivity index (χ2n) is 14.0. The first kappa shape index (κ1) is 30.2. The van der Waals surface area contributed by atoms with E-state index in [1.54, 1.807) is 0 Å². The molecule has 0 aliphatic carbocycles. The molecule has 0 unspecified atom stereocenters. The quantitative estimate of drug-likeness (QED) is 0.173. The van der Waals surface area contributed by atoms with Gasteiger partial charge in [0.25, 0.3) is 0 Å². The number of rotatable bonds is 5. The molecule has 8 aromatic carbocycles. The molecule has 246 valence electrons. The molecule has 0 saturated heterocycles. The molecule has 0 bridgehead atoms. The minimum Gasteiger partial charge on any atom is -0.309 e. The van der Waals surface area contributed by atoms with Gasteiger partial charge in [-0.25, -0.2) is 0 Å². The summed E-state index contributed by atoms with van der Waals surface area (Å²) in [4.78, 5) is 0. The van der Waals surface area contributed by atoms with Crippen molar-refractivity contribution in [1.29, 1.82) is 0 Å². The number of aromatic nitrogens is 2. The summed E-state index contributed by atoms with van der Waals surface area (Å²) in [6, 6.07) is 66.8. The molecule has 0 aliphatic heterocycles. The molecule has 2 aromatic heterocycles. The molecule has 0 N–H and O–H groups in total. The molecular formula is C50H36N2. The Hall–Kier alpha value is -6.64. The maximum atomic E-state index is 2.40. The van der Waals surface area contributed by atoms with Crippen molar-refractivity contribution >= 4 is 43.6 Å². The van der Waals surface area contributed by atoms with E-state index in [0.717, 1.165) is 11.4 Å². The molecule has 0 atom stereocenters. The van der Waals surface area contributed by atoms with Crippen molar-refractivity contribution in [3.05, 3.63) is 193 Å². The number of hydrogen-bond donors (Lipinski definition) is 0. The standard InChI is InChI=1S/C50H36N2/c1-33-9-7-11-37(29-33)35-17-23-41(24-18-35)51-47-15-5-3-13-43(47)45-31-39(21-27-49(45)51)40-22-28-50-46(32-40)44-14-4-6-16-48(44)52(50)42-25-19-36(20-26-42)38-12-8-10-34(2)30-38/h3-32H,1-2H3. The highest BCUT2D eigenvalue weighted by Gasteiger charge is 2.16. The van der Waals surface area contributed by atoms with Crippen LogP contribution in [0.3, 0.4) is 0 Å². The van der Waals surface area contributed by atoms with E-state index in [1.807, 2.05) is 0 Å². The maximum absolute atomic E-state index is 2.40. The minimum absolute atomic E-state index is 1.16. The minimum atomic E-state index is 1.16. The number of aryl methyl sites for hydroxylation is 2. The van der Waals surface area contributed by atoms with Crippen LogP contribution in [0.25, 0.3) is 88.4 Å². The monoisotopic (exact) mass is 664 g/mol. The largest absolute Gasteiger partial charge is 0.309 e. The summed E-state index contributed by atoms with van der Waals surface area (Å²) < 4.78 is 4.80. The average Bonchev–Trinajstić information content (AvgIpc) is 3.70. The Morgan fingerprint density at radius 2 is 0.635 bits per heavy atom. The van der Waals surface area contributed by atoms with Gasteiger partial charge in [0.05, 0.1) is 22.1 Å². The van der Waals surface area contributed by atoms with Gasteiger partial charge in [-0.15, -0.1) is 0 Å². The fraction of sp³-hybridized carbons (Fsp3) is 0.0400. The number of para-hydroxylation sites is 2. The number of benzene rings is 8. The third-order valence-corrected chi connectivity index (χ3v) is 10.6. The van der Waals surface area contributed by atoms with Gasteiger partial charge < -0.3 is 9.13 Å². The highest BCUT2D eigenvalue weighted by Crippen LogP contribution is 2.39. The Labute approximate surface area is 303 Å². The molecule has 2 nitrogen and oxygen atoms in total. The van der Waals surface area contributed by atoms with Crippen LogP contribution in [0.1, 0.15) is 11.1 Å². The zero-order valence-electron chi connectivity index (χ0n) is 29.2. The van der Waals surface area contributed by atoms with Crippen LogP contribution >= 0.6 is 0 Å². The van der Waals surface area contributed by atoms with Crippen LogP contribution in [0.5, 0.6) is 0 Å². The Bertz CT molecular complexity index is 2750. The summed E-state index contributed by atoms with van der Waals surface area (Å²) in [5.41, 5.74) is 17.1. The SMILES string of the molecule is Cc1cccc(-c2ccc(-n3c4ccccc4c4cc(-c5ccc6c(c5)c5ccccc5n6-c5ccc(-c6cccc(C)c6)cc5)ccc43)cc2)c1. The van der Waals surface area contributed by atoms with E-state index >= 15 is 0 Å². The first-order valence-electron chi connectivity index (χ1n) is 18.0. The summed E-state index contributed by atoms with van der Waals surface area (Å²) >= 11 is 0. The van der Waals surface area contributed by atoms with E-state index in [2.05, 4.69) is 205 Å². The third-order valence-electron chi connectivity index (χ3n) is 10.6. The second kappa shape index (κ2) is 12.0. The fourth-order valence-corrected chi connectivity index (χ4v) is 8.12. The van der Waals surface area contributed by atoms with Crippen LogP contribution in [-0.4, -0.2) is 9.13 Å². The molecule has 0 saturated carbocycles. The predicted molar refractivity (Wildman–Crippen MR) is 221 cm³/mol. The molecule has 2 heterocycles. The van der Waals surface area contributed by atoms with E-state index in [4.69, 9.17) is 0 Å². The van der Waals surface area contributed by atoms with Gasteiger partial charge in [0, 0.05) is 32.9 Å². The van der Waals surface area contributed by atoms with Crippen molar-refractivity contribution in [2.24, 2.45) is 0 Å². The first-order chi connectivity index (χ1) is 25.6. The summed E-state index contributed by atoms with van der Waals surface area (Å²) in [5, 5.41) is 5.03. The Kier molecular flexibility index (Phi) is 6.97. The molecular weight excluding hydrogens is 629 g/mol. The lowest BCUT2D eigenvalue weighted by atomic mass is 10.0. The van der Waals surface area contributed by atoms with Crippen molar-refractivity contribution in [2.45, 2.75) is 13.8 Å². The number of hydrogen-bond acceptors (Lipinski definition) is 0. The van der Waals surface area contributed by atoms with Crippen molar-refractivity contribution in [3.8, 4) is 44.8 Å². The van der Waals surface area contributed by atoms with Crippen molar-refractivity contribution < 1.29 is 0 Å². The van der Waals surface area contributed by atoms with Crippen LogP contribution in [0.4, 0.5) is 0 Å². The van der Waals surface area contributed by atoms with Gasteiger partial charge >= 0.3 is 0 Å². The molecule has 0 spiro atoms. The Balaban J connectivity index is 1.07. The lowest BCUT2D eigenvalue weighted by molar-refractivity contribution is 1.18. The lowest BCUT2D eigenvalue weighted by Crippen LogP contribution is -1.94. The zero-order chi connectivity index (χ0) is 34.8. The van der Waals surface area contributed by atoms with Crippen molar-refractivity contribution in [3.63, 3.8) is 0 Å². The van der Waals surface area contributed by atoms with E-state index in [-0.39, 0.29) is 0 Å². The van der Waals surface area contributed by atoms with Gasteiger partial charge in [-0.05, 0) is 108 Å². The summed E-state index contributed by atoms with van der Waals surface area (Å²) in [5.74, 6) is 0. The van der Waals surface area contributed by atoms with Crippen LogP contribution in [0.15, 0.2) is 182 Å². The van der Waals surface area contributed by atoms with Gasteiger partial charge in [-0.2, -0.15) is 0 Å². The maximum Gasteiger partial charge on any atom is 0.0541 e. The topological polar surface area (TPSA) is 9.86 Å². The van der Waals surface area contributed by atoms with Gasteiger partial charge in [0.2, 0.25) is 0 Å². The van der Waals surface area contributed by atoms with E-state index in [9.17, 15) is 0 Å². The Morgan fingerprint density at radius 3 is 1.06 bits per heavy atom. The third kappa shape index (κ3) is 4.95. The van der Waals surface area contributed by atoms with Crippen LogP contribution in [0, 0.1) is 13.8 Å². The zero-order valence-corrected chi connectivity index (χ0v) is 29.2. The lowest BCUT2D eigenvalue weighted by Gasteiger charge is -2.11. The van der Waals surface area contributed by atoms with Gasteiger partial charge in [0.15, 0.2) is 0 Å². The smallest absolute Gasteiger partial charge is 0.0541 e.